The van der Waals surface area contributed by atoms with Crippen LogP contribution in [0.15, 0.2) is 0 Å². The van der Waals surface area contributed by atoms with Gasteiger partial charge >= 0.3 is 6.09 Å². The largest absolute Gasteiger partial charge is 0.449 e. The number of carbonyl (C=O) groups excluding carboxylic acids is 6. The van der Waals surface area contributed by atoms with Gasteiger partial charge in [0.25, 0.3) is 0 Å². The van der Waals surface area contributed by atoms with Crippen molar-refractivity contribution in [1.29, 1.82) is 0 Å². The van der Waals surface area contributed by atoms with Crippen LogP contribution in [0.1, 0.15) is 92.9 Å². The summed E-state index contributed by atoms with van der Waals surface area (Å²) in [5.41, 5.74) is -0.821. The average Bonchev–Trinajstić information content (AvgIpc) is 3.02. The lowest BCUT2D eigenvalue weighted by molar-refractivity contribution is -0.137. The highest BCUT2D eigenvalue weighted by Crippen LogP contribution is 2.19. The van der Waals surface area contributed by atoms with Gasteiger partial charge in [-0.3, -0.25) is 14.4 Å². The van der Waals surface area contributed by atoms with Crippen LogP contribution in [0.25, 0.3) is 0 Å². The van der Waals surface area contributed by atoms with Gasteiger partial charge in [0.2, 0.25) is 11.8 Å². The fourth-order valence-electron chi connectivity index (χ4n) is 3.73. The first kappa shape index (κ1) is 50.9. The van der Waals surface area contributed by atoms with Crippen molar-refractivity contribution >= 4 is 37.3 Å². The van der Waals surface area contributed by atoms with Crippen molar-refractivity contribution in [3.05, 3.63) is 0 Å². The van der Waals surface area contributed by atoms with Crippen LogP contribution >= 0.6 is 0 Å². The molecule has 0 heterocycles. The smallest absolute Gasteiger partial charge is 0.407 e. The van der Waals surface area contributed by atoms with Gasteiger partial charge in [0.05, 0.1) is 25.9 Å². The van der Waals surface area contributed by atoms with E-state index in [0.29, 0.717) is 71.2 Å². The third-order valence-corrected chi connectivity index (χ3v) is 6.02. The number of alkyl carbamates (subject to hydrolysis) is 1. The van der Waals surface area contributed by atoms with Crippen LogP contribution in [0.4, 0.5) is 4.79 Å². The third-order valence-electron chi connectivity index (χ3n) is 6.02. The highest BCUT2D eigenvalue weighted by atomic mass is 16.5. The van der Waals surface area contributed by atoms with Crippen molar-refractivity contribution in [2.45, 2.75) is 104 Å². The van der Waals surface area contributed by atoms with E-state index in [4.69, 9.17) is 39.5 Å². The van der Waals surface area contributed by atoms with Gasteiger partial charge in [0.15, 0.2) is 5.78 Å². The topological polar surface area (TPSA) is 229 Å². The summed E-state index contributed by atoms with van der Waals surface area (Å²) < 4.78 is 10.2. The normalized spacial score (nSPS) is 11.2. The number of aliphatic hydroxyl groups excluding tert-OH is 4. The number of ketones is 1. The zero-order valence-corrected chi connectivity index (χ0v) is 29.5. The molecule has 47 heavy (non-hydrogen) atoms. The van der Waals surface area contributed by atoms with E-state index in [1.807, 2.05) is 34.3 Å². The first-order valence-corrected chi connectivity index (χ1v) is 15.8. The lowest BCUT2D eigenvalue weighted by Gasteiger charge is -2.35. The Labute approximate surface area is 280 Å². The van der Waals surface area contributed by atoms with E-state index in [2.05, 4.69) is 10.6 Å². The highest BCUT2D eigenvalue weighted by molar-refractivity contribution is 5.92. The summed E-state index contributed by atoms with van der Waals surface area (Å²) in [5.74, 6) is -0.367. The average molecular weight is 682 g/mol. The standard InChI is InChI=1S/C17H32N2O6.C13H27NO4.2CH2O/c1-17(2,3)15(23)13(19-14(22)8-11-21)7-4-5-9-18-16(24)25-12-6-10-20;1-13(2,3)14(12(17)6-4-8-15)7-11-18-10-5-9-16;2*1-2/h13,20-21H,4-12H2,1-3H3,(H,18,24)(H,19,22);15-16H,4-11H2,1-3H3;2*1H2. The van der Waals surface area contributed by atoms with E-state index in [9.17, 15) is 19.2 Å². The molecule has 0 aliphatic heterocycles. The van der Waals surface area contributed by atoms with Crippen molar-refractivity contribution in [3.63, 3.8) is 0 Å². The van der Waals surface area contributed by atoms with E-state index in [1.54, 1.807) is 25.7 Å². The number of carbonyl (C=O) groups is 6. The summed E-state index contributed by atoms with van der Waals surface area (Å²) in [7, 11) is 0. The first-order valence-electron chi connectivity index (χ1n) is 15.8. The van der Waals surface area contributed by atoms with Gasteiger partial charge in [-0.2, -0.15) is 0 Å². The molecule has 0 saturated carbocycles. The minimum Gasteiger partial charge on any atom is -0.449 e. The van der Waals surface area contributed by atoms with E-state index in [1.165, 1.54) is 0 Å². The van der Waals surface area contributed by atoms with Gasteiger partial charge in [-0.25, -0.2) is 4.79 Å². The molecule has 0 radical (unpaired) electrons. The predicted octanol–water partition coefficient (Wildman–Crippen LogP) is 1.16. The van der Waals surface area contributed by atoms with Gasteiger partial charge in [-0.15, -0.1) is 0 Å². The zero-order chi connectivity index (χ0) is 37.3. The van der Waals surface area contributed by atoms with Gasteiger partial charge in [-0.05, 0) is 52.9 Å². The molecule has 3 amide bonds. The lowest BCUT2D eigenvalue weighted by Crippen LogP contribution is -2.47. The Morgan fingerprint density at radius 1 is 0.723 bits per heavy atom. The van der Waals surface area contributed by atoms with Crippen molar-refractivity contribution in [1.82, 2.24) is 15.5 Å². The van der Waals surface area contributed by atoms with Crippen LogP contribution in [0.2, 0.25) is 0 Å². The minimum atomic E-state index is -0.601. The summed E-state index contributed by atoms with van der Waals surface area (Å²) >= 11 is 0. The molecule has 0 rings (SSSR count). The van der Waals surface area contributed by atoms with E-state index >= 15 is 0 Å². The zero-order valence-electron chi connectivity index (χ0n) is 29.5. The number of aliphatic hydroxyl groups is 4. The molecule has 0 aliphatic rings. The molecule has 0 aromatic heterocycles. The second kappa shape index (κ2) is 32.9. The molecule has 0 aromatic carbocycles. The molecule has 0 fully saturated rings. The predicted molar refractivity (Wildman–Crippen MR) is 178 cm³/mol. The maximum absolute atomic E-state index is 12.4. The van der Waals surface area contributed by atoms with E-state index < -0.39 is 17.6 Å². The monoisotopic (exact) mass is 681 g/mol. The van der Waals surface area contributed by atoms with Crippen LogP contribution in [0.5, 0.6) is 0 Å². The molecule has 15 heteroatoms. The van der Waals surface area contributed by atoms with Crippen LogP contribution in [0.3, 0.4) is 0 Å². The maximum atomic E-state index is 12.4. The molecule has 278 valence electrons. The van der Waals surface area contributed by atoms with E-state index in [-0.39, 0.29) is 62.6 Å². The molecule has 0 saturated heterocycles. The second-order valence-corrected chi connectivity index (χ2v) is 12.1. The van der Waals surface area contributed by atoms with Crippen molar-refractivity contribution in [3.8, 4) is 0 Å². The van der Waals surface area contributed by atoms with Crippen molar-refractivity contribution in [2.24, 2.45) is 5.41 Å². The second-order valence-electron chi connectivity index (χ2n) is 12.1. The van der Waals surface area contributed by atoms with E-state index in [0.717, 1.165) is 0 Å². The lowest BCUT2D eigenvalue weighted by atomic mass is 9.84. The fraction of sp³-hybridized carbons (Fsp3) is 0.812. The van der Waals surface area contributed by atoms with Crippen molar-refractivity contribution < 1.29 is 58.7 Å². The molecule has 0 spiro atoms. The molecule has 1 unspecified atom stereocenters. The quantitative estimate of drug-likeness (QED) is 0.0938. The maximum Gasteiger partial charge on any atom is 0.407 e. The number of unbranched alkanes of at least 4 members (excludes halogenated alkanes) is 1. The Balaban J connectivity index is -0.000000370. The number of hydrogen-bond acceptors (Lipinski definition) is 12. The molecule has 15 nitrogen and oxygen atoms in total. The number of hydrogen-bond donors (Lipinski definition) is 6. The molecule has 0 aromatic rings. The Bertz CT molecular complexity index is 799. The molecule has 0 aliphatic carbocycles. The minimum absolute atomic E-state index is 0.0293. The van der Waals surface area contributed by atoms with Crippen LogP contribution < -0.4 is 10.6 Å². The Morgan fingerprint density at radius 2 is 1.28 bits per heavy atom. The first-order chi connectivity index (χ1) is 22.1. The van der Waals surface area contributed by atoms with Crippen LogP contribution in [-0.4, -0.2) is 134 Å². The fourth-order valence-corrected chi connectivity index (χ4v) is 3.73. The number of ether oxygens (including phenoxy) is 2. The Kier molecular flexibility index (Phi) is 35.7. The molecular weight excluding hydrogens is 618 g/mol. The number of nitrogens with one attached hydrogen (secondary N) is 2. The number of rotatable bonds is 21. The summed E-state index contributed by atoms with van der Waals surface area (Å²) in [6.45, 7) is 17.3. The summed E-state index contributed by atoms with van der Waals surface area (Å²) in [6, 6.07) is -0.601. The Hall–Kier alpha value is -2.98. The van der Waals surface area contributed by atoms with Gasteiger partial charge < -0.3 is 55.0 Å². The highest BCUT2D eigenvalue weighted by Gasteiger charge is 2.30. The molecule has 6 N–H and O–H groups in total. The molecule has 0 bridgehead atoms. The van der Waals surface area contributed by atoms with Crippen molar-refractivity contribution in [2.75, 3.05) is 59.3 Å². The van der Waals surface area contributed by atoms with Gasteiger partial charge in [0, 0.05) is 69.7 Å². The SMILES string of the molecule is C=O.C=O.CC(C)(C)C(=O)C(CCCCNC(=O)OCCCO)NC(=O)CCO.CC(C)(C)N(CCOCCCO)C(=O)CCCO. The number of Topliss-reactive ketones (excluding diaryl/α,β-unsaturated/α-hetero) is 1. The third kappa shape index (κ3) is 31.4. The van der Waals surface area contributed by atoms with Gasteiger partial charge in [0.1, 0.15) is 13.6 Å². The van der Waals surface area contributed by atoms with Gasteiger partial charge in [-0.1, -0.05) is 20.8 Å². The molecular formula is C32H63N3O12. The van der Waals surface area contributed by atoms with Crippen LogP contribution in [0, 0.1) is 5.41 Å². The van der Waals surface area contributed by atoms with Crippen LogP contribution in [-0.2, 0) is 33.4 Å². The molecule has 1 atom stereocenters. The summed E-state index contributed by atoms with van der Waals surface area (Å²) in [5, 5.41) is 40.0. The summed E-state index contributed by atoms with van der Waals surface area (Å²) in [6.07, 6.45) is 3.06. The number of amides is 3. The summed E-state index contributed by atoms with van der Waals surface area (Å²) in [4.78, 5) is 65.2. The number of nitrogens with zero attached hydrogens (tertiary/aromatic N) is 1. The Morgan fingerprint density at radius 3 is 1.77 bits per heavy atom.